The number of phenolic OH excluding ortho intramolecular Hbond substituents is 1. The maximum Gasteiger partial charge on any atom is 0.338 e. The minimum atomic E-state index is -0.250. The summed E-state index contributed by atoms with van der Waals surface area (Å²) in [5.41, 5.74) is 2.60. The molecule has 2 rings (SSSR count). The van der Waals surface area contributed by atoms with Gasteiger partial charge in [-0.2, -0.15) is 0 Å². The van der Waals surface area contributed by atoms with Gasteiger partial charge in [-0.05, 0) is 41.8 Å². The van der Waals surface area contributed by atoms with Crippen LogP contribution in [0.2, 0.25) is 0 Å². The minimum absolute atomic E-state index is 0.249. The van der Waals surface area contributed by atoms with Crippen LogP contribution in [0.3, 0.4) is 0 Å². The summed E-state index contributed by atoms with van der Waals surface area (Å²) < 4.78 is 5.45. The molecule has 0 fully saturated rings. The minimum Gasteiger partial charge on any atom is -0.508 e. The van der Waals surface area contributed by atoms with E-state index in [-0.39, 0.29) is 11.7 Å². The molecule has 0 radical (unpaired) electrons. The van der Waals surface area contributed by atoms with Crippen molar-refractivity contribution in [3.63, 3.8) is 0 Å². The van der Waals surface area contributed by atoms with Gasteiger partial charge >= 0.3 is 5.97 Å². The number of esters is 1. The summed E-state index contributed by atoms with van der Waals surface area (Å²) in [6.45, 7) is 2.79. The Kier molecular flexibility index (Phi) is 18.2. The monoisotopic (exact) mass is 522 g/mol. The van der Waals surface area contributed by atoms with E-state index in [1.165, 1.54) is 116 Å². The number of aromatic hydroxyl groups is 1. The number of phenols is 1. The van der Waals surface area contributed by atoms with Gasteiger partial charge in [-0.3, -0.25) is 0 Å². The smallest absolute Gasteiger partial charge is 0.338 e. The number of benzene rings is 2. The summed E-state index contributed by atoms with van der Waals surface area (Å²) in [6, 6.07) is 14.5. The fraction of sp³-hybridized carbons (Fsp3) is 0.629. The molecule has 3 nitrogen and oxygen atoms in total. The van der Waals surface area contributed by atoms with Crippen molar-refractivity contribution in [2.45, 2.75) is 135 Å². The first kappa shape index (κ1) is 31.9. The summed E-state index contributed by atoms with van der Waals surface area (Å²) in [4.78, 5) is 12.3. The molecule has 0 spiro atoms. The van der Waals surface area contributed by atoms with Crippen LogP contribution in [0.15, 0.2) is 48.5 Å². The van der Waals surface area contributed by atoms with Crippen molar-refractivity contribution in [1.29, 1.82) is 0 Å². The zero-order chi connectivity index (χ0) is 27.1. The molecule has 0 heterocycles. The highest BCUT2D eigenvalue weighted by Crippen LogP contribution is 2.22. The van der Waals surface area contributed by atoms with Crippen molar-refractivity contribution in [3.8, 4) is 16.9 Å². The number of ether oxygens (including phenoxy) is 1. The van der Waals surface area contributed by atoms with Crippen LogP contribution in [-0.4, -0.2) is 17.7 Å². The van der Waals surface area contributed by atoms with Gasteiger partial charge < -0.3 is 9.84 Å². The average Bonchev–Trinajstić information content (AvgIpc) is 2.94. The van der Waals surface area contributed by atoms with Crippen LogP contribution < -0.4 is 0 Å². The molecule has 1 N–H and O–H groups in total. The molecule has 0 atom stereocenters. The molecular weight excluding hydrogens is 468 g/mol. The van der Waals surface area contributed by atoms with Crippen LogP contribution in [0.1, 0.15) is 146 Å². The predicted molar refractivity (Wildman–Crippen MR) is 162 cm³/mol. The van der Waals surface area contributed by atoms with Crippen LogP contribution in [0.4, 0.5) is 0 Å². The Hall–Kier alpha value is -2.29. The van der Waals surface area contributed by atoms with Crippen molar-refractivity contribution in [2.24, 2.45) is 0 Å². The van der Waals surface area contributed by atoms with E-state index in [0.29, 0.717) is 12.2 Å². The van der Waals surface area contributed by atoms with Gasteiger partial charge in [0.2, 0.25) is 0 Å². The molecule has 2 aromatic rings. The van der Waals surface area contributed by atoms with E-state index in [1.54, 1.807) is 12.1 Å². The zero-order valence-electron chi connectivity index (χ0n) is 24.2. The fourth-order valence-electron chi connectivity index (χ4n) is 5.06. The lowest BCUT2D eigenvalue weighted by atomic mass is 10.0. The highest BCUT2D eigenvalue weighted by atomic mass is 16.5. The predicted octanol–water partition coefficient (Wildman–Crippen LogP) is 11.0. The second-order valence-corrected chi connectivity index (χ2v) is 11.0. The summed E-state index contributed by atoms with van der Waals surface area (Å²) >= 11 is 0. The third-order valence-corrected chi connectivity index (χ3v) is 7.55. The van der Waals surface area contributed by atoms with Crippen LogP contribution in [-0.2, 0) is 4.74 Å². The normalized spacial score (nSPS) is 11.1. The fourth-order valence-corrected chi connectivity index (χ4v) is 5.06. The van der Waals surface area contributed by atoms with E-state index in [9.17, 15) is 9.90 Å². The van der Waals surface area contributed by atoms with Crippen molar-refractivity contribution < 1.29 is 14.6 Å². The van der Waals surface area contributed by atoms with Gasteiger partial charge in [0.25, 0.3) is 0 Å². The molecule has 0 aromatic heterocycles. The van der Waals surface area contributed by atoms with Gasteiger partial charge in [-0.15, -0.1) is 0 Å². The average molecular weight is 523 g/mol. The third-order valence-electron chi connectivity index (χ3n) is 7.55. The number of carbonyl (C=O) groups excluding carboxylic acids is 1. The van der Waals surface area contributed by atoms with Crippen molar-refractivity contribution in [3.05, 3.63) is 54.1 Å². The van der Waals surface area contributed by atoms with Gasteiger partial charge in [0.05, 0.1) is 12.2 Å². The topological polar surface area (TPSA) is 46.5 Å². The molecule has 212 valence electrons. The van der Waals surface area contributed by atoms with Gasteiger partial charge in [0.15, 0.2) is 0 Å². The molecule has 0 aliphatic heterocycles. The first-order chi connectivity index (χ1) is 18.7. The molecule has 0 amide bonds. The van der Waals surface area contributed by atoms with E-state index < -0.39 is 0 Å². The van der Waals surface area contributed by atoms with E-state index in [1.807, 2.05) is 36.4 Å². The Morgan fingerprint density at radius 1 is 0.526 bits per heavy atom. The van der Waals surface area contributed by atoms with E-state index in [2.05, 4.69) is 6.92 Å². The summed E-state index contributed by atoms with van der Waals surface area (Å²) in [6.07, 6.45) is 27.3. The quantitative estimate of drug-likeness (QED) is 0.117. The molecular formula is C35H54O3. The van der Waals surface area contributed by atoms with Gasteiger partial charge in [-0.1, -0.05) is 153 Å². The first-order valence-electron chi connectivity index (χ1n) is 15.8. The molecule has 0 aliphatic carbocycles. The Morgan fingerprint density at radius 2 is 0.868 bits per heavy atom. The van der Waals surface area contributed by atoms with Gasteiger partial charge in [-0.25, -0.2) is 4.79 Å². The lowest BCUT2D eigenvalue weighted by molar-refractivity contribution is 0.0497. The number of rotatable bonds is 23. The molecule has 0 unspecified atom stereocenters. The lowest BCUT2D eigenvalue weighted by Gasteiger charge is -2.07. The molecule has 2 aromatic carbocycles. The summed E-state index contributed by atoms with van der Waals surface area (Å²) in [5.74, 6) is -0.000897. The van der Waals surface area contributed by atoms with Crippen LogP contribution in [0.25, 0.3) is 11.1 Å². The Labute approximate surface area is 233 Å². The van der Waals surface area contributed by atoms with Crippen LogP contribution in [0.5, 0.6) is 5.75 Å². The molecule has 0 aliphatic rings. The highest BCUT2D eigenvalue weighted by Gasteiger charge is 2.07. The Balaban J connectivity index is 1.33. The Bertz CT molecular complexity index is 825. The molecule has 0 bridgehead atoms. The number of unbranched alkanes of at least 4 members (excludes halogenated alkanes) is 19. The zero-order valence-corrected chi connectivity index (χ0v) is 24.2. The maximum absolute atomic E-state index is 12.3. The first-order valence-corrected chi connectivity index (χ1v) is 15.8. The summed E-state index contributed by atoms with van der Waals surface area (Å²) in [5, 5.41) is 9.42. The van der Waals surface area contributed by atoms with Crippen molar-refractivity contribution in [1.82, 2.24) is 0 Å². The molecule has 0 saturated carbocycles. The largest absolute Gasteiger partial charge is 0.508 e. The van der Waals surface area contributed by atoms with Crippen LogP contribution in [0, 0.1) is 0 Å². The van der Waals surface area contributed by atoms with E-state index in [4.69, 9.17) is 4.74 Å². The summed E-state index contributed by atoms with van der Waals surface area (Å²) in [7, 11) is 0. The van der Waals surface area contributed by atoms with E-state index in [0.717, 1.165) is 24.0 Å². The number of hydrogen-bond acceptors (Lipinski definition) is 3. The van der Waals surface area contributed by atoms with Crippen molar-refractivity contribution >= 4 is 5.97 Å². The lowest BCUT2D eigenvalue weighted by Crippen LogP contribution is -2.06. The van der Waals surface area contributed by atoms with Gasteiger partial charge in [0, 0.05) is 0 Å². The van der Waals surface area contributed by atoms with E-state index >= 15 is 0 Å². The van der Waals surface area contributed by atoms with Gasteiger partial charge in [0.1, 0.15) is 5.75 Å². The molecule has 3 heteroatoms. The third kappa shape index (κ3) is 15.2. The maximum atomic E-state index is 12.3. The molecule has 0 saturated heterocycles. The SMILES string of the molecule is CCCCCCCCCCCCCCCCCCCCCCOC(=O)c1ccc(-c2ccc(O)cc2)cc1. The number of carbonyl (C=O) groups is 1. The number of hydrogen-bond donors (Lipinski definition) is 1. The second kappa shape index (κ2) is 21.6. The van der Waals surface area contributed by atoms with Crippen molar-refractivity contribution in [2.75, 3.05) is 6.61 Å². The van der Waals surface area contributed by atoms with Crippen LogP contribution >= 0.6 is 0 Å². The standard InChI is InChI=1S/C35H54O3/c1-2-3-4-5-6-7-8-9-10-11-12-13-14-15-16-17-18-19-20-21-30-38-35(37)33-24-22-31(23-25-33)32-26-28-34(36)29-27-32/h22-29,36H,2-21,30H2,1H3. The highest BCUT2D eigenvalue weighted by molar-refractivity contribution is 5.90. The second-order valence-electron chi connectivity index (χ2n) is 11.0. The Morgan fingerprint density at radius 3 is 1.26 bits per heavy atom. The molecule has 38 heavy (non-hydrogen) atoms.